The van der Waals surface area contributed by atoms with Gasteiger partial charge in [-0.25, -0.2) is 0 Å². The third kappa shape index (κ3) is 9.30. The van der Waals surface area contributed by atoms with Crippen molar-refractivity contribution in [3.8, 4) is 0 Å². The Balaban J connectivity index is 1.86. The molecule has 0 aromatic heterocycles. The molecule has 1 atom stereocenters. The molecule has 3 aromatic rings. The van der Waals surface area contributed by atoms with Crippen LogP contribution < -0.4 is 5.32 Å². The van der Waals surface area contributed by atoms with E-state index in [1.807, 2.05) is 93.6 Å². The number of hydrogen-bond donors (Lipinski definition) is 1. The summed E-state index contributed by atoms with van der Waals surface area (Å²) in [6.45, 7) is 6.14. The van der Waals surface area contributed by atoms with Crippen LogP contribution in [-0.2, 0) is 28.3 Å². The Kier molecular flexibility index (Phi) is 10.5. The molecule has 0 aliphatic heterocycles. The van der Waals surface area contributed by atoms with Gasteiger partial charge in [0.25, 0.3) is 0 Å². The van der Waals surface area contributed by atoms with Crippen molar-refractivity contribution in [3.63, 3.8) is 0 Å². The van der Waals surface area contributed by atoms with Crippen LogP contribution in [0.1, 0.15) is 37.5 Å². The summed E-state index contributed by atoms with van der Waals surface area (Å²) in [6, 6.07) is 24.7. The third-order valence-electron chi connectivity index (χ3n) is 5.42. The molecule has 3 rings (SSSR count). The summed E-state index contributed by atoms with van der Waals surface area (Å²) in [5, 5.41) is 3.69. The van der Waals surface area contributed by atoms with Gasteiger partial charge in [-0.1, -0.05) is 82.1 Å². The Hall–Kier alpha value is -2.28. The number of carbonyl (C=O) groups excluding carboxylic acids is 2. The zero-order chi connectivity index (χ0) is 26.1. The molecule has 0 saturated heterocycles. The first kappa shape index (κ1) is 28.3. The van der Waals surface area contributed by atoms with Crippen molar-refractivity contribution in [3.05, 3.63) is 105 Å². The van der Waals surface area contributed by atoms with Crippen LogP contribution in [-0.4, -0.2) is 34.0 Å². The Labute approximate surface area is 231 Å². The highest BCUT2D eigenvalue weighted by Gasteiger charge is 2.32. The van der Waals surface area contributed by atoms with Crippen LogP contribution in [0.25, 0.3) is 0 Å². The minimum absolute atomic E-state index is 0.0814. The lowest BCUT2D eigenvalue weighted by Crippen LogP contribution is -2.54. The fourth-order valence-electron chi connectivity index (χ4n) is 3.76. The first-order valence-electron chi connectivity index (χ1n) is 11.8. The lowest BCUT2D eigenvalue weighted by molar-refractivity contribution is -0.140. The predicted molar refractivity (Wildman–Crippen MR) is 154 cm³/mol. The van der Waals surface area contributed by atoms with E-state index in [2.05, 4.69) is 21.2 Å². The second kappa shape index (κ2) is 13.3. The molecule has 36 heavy (non-hydrogen) atoms. The summed E-state index contributed by atoms with van der Waals surface area (Å²) in [4.78, 5) is 28.9. The minimum atomic E-state index is -0.661. The Bertz CT molecular complexity index is 1150. The first-order valence-corrected chi connectivity index (χ1v) is 14.2. The summed E-state index contributed by atoms with van der Waals surface area (Å²) in [7, 11) is 0. The molecule has 190 valence electrons. The zero-order valence-corrected chi connectivity index (χ0v) is 24.0. The number of nitrogens with one attached hydrogen (secondary N) is 1. The predicted octanol–water partition coefficient (Wildman–Crippen LogP) is 6.89. The van der Waals surface area contributed by atoms with Crippen molar-refractivity contribution < 1.29 is 9.59 Å². The number of amides is 2. The molecule has 0 unspecified atom stereocenters. The summed E-state index contributed by atoms with van der Waals surface area (Å²) in [6.07, 6.45) is 0.423. The van der Waals surface area contributed by atoms with E-state index in [9.17, 15) is 9.59 Å². The highest BCUT2D eigenvalue weighted by Crippen LogP contribution is 2.21. The molecule has 0 spiro atoms. The number of hydrogen-bond acceptors (Lipinski definition) is 3. The molecule has 3 aromatic carbocycles. The number of benzene rings is 3. The van der Waals surface area contributed by atoms with Gasteiger partial charge in [-0.15, -0.1) is 11.8 Å². The molecule has 0 fully saturated rings. The smallest absolute Gasteiger partial charge is 0.243 e. The van der Waals surface area contributed by atoms with E-state index in [1.54, 1.807) is 22.7 Å². The molecule has 0 aliphatic rings. The number of nitrogens with zero attached hydrogens (tertiary/aromatic N) is 1. The molecular formula is C29H32BrClN2O2S. The average Bonchev–Trinajstić information content (AvgIpc) is 2.82. The summed E-state index contributed by atoms with van der Waals surface area (Å²) >= 11 is 11.2. The molecule has 0 radical (unpaired) electrons. The summed E-state index contributed by atoms with van der Waals surface area (Å²) in [5.74, 6) is 0.730. The fourth-order valence-corrected chi connectivity index (χ4v) is 5.11. The van der Waals surface area contributed by atoms with Crippen LogP contribution in [0, 0.1) is 0 Å². The Morgan fingerprint density at radius 3 is 2.25 bits per heavy atom. The zero-order valence-electron chi connectivity index (χ0n) is 20.8. The maximum atomic E-state index is 13.7. The first-order chi connectivity index (χ1) is 17.1. The van der Waals surface area contributed by atoms with E-state index in [-0.39, 0.29) is 17.6 Å². The minimum Gasteiger partial charge on any atom is -0.350 e. The lowest BCUT2D eigenvalue weighted by Gasteiger charge is -2.34. The molecule has 0 heterocycles. The molecule has 0 saturated carbocycles. The molecular weight excluding hydrogens is 556 g/mol. The van der Waals surface area contributed by atoms with E-state index in [4.69, 9.17) is 11.6 Å². The molecule has 4 nitrogen and oxygen atoms in total. The maximum Gasteiger partial charge on any atom is 0.243 e. The molecule has 7 heteroatoms. The Morgan fingerprint density at radius 1 is 0.944 bits per heavy atom. The highest BCUT2D eigenvalue weighted by atomic mass is 79.9. The van der Waals surface area contributed by atoms with Crippen LogP contribution >= 0.6 is 39.3 Å². The van der Waals surface area contributed by atoms with E-state index in [1.165, 1.54) is 0 Å². The molecule has 1 N–H and O–H groups in total. The fraction of sp³-hybridized carbons (Fsp3) is 0.310. The van der Waals surface area contributed by atoms with E-state index in [0.29, 0.717) is 23.7 Å². The van der Waals surface area contributed by atoms with Crippen LogP contribution in [0.3, 0.4) is 0 Å². The second-order valence-corrected chi connectivity index (χ2v) is 12.1. The monoisotopic (exact) mass is 586 g/mol. The van der Waals surface area contributed by atoms with Gasteiger partial charge in [-0.05, 0) is 61.7 Å². The molecule has 0 aliphatic carbocycles. The number of thioether (sulfide) groups is 1. The van der Waals surface area contributed by atoms with E-state index in [0.717, 1.165) is 21.2 Å². The topological polar surface area (TPSA) is 49.4 Å². The van der Waals surface area contributed by atoms with Gasteiger partial charge in [0.15, 0.2) is 0 Å². The summed E-state index contributed by atoms with van der Waals surface area (Å²) < 4.78 is 1.02. The maximum absolute atomic E-state index is 13.7. The van der Waals surface area contributed by atoms with Crippen LogP contribution in [0.15, 0.2) is 83.3 Å². The van der Waals surface area contributed by atoms with E-state index >= 15 is 0 Å². The molecule has 2 amide bonds. The van der Waals surface area contributed by atoms with Gasteiger partial charge in [0.2, 0.25) is 11.8 Å². The lowest BCUT2D eigenvalue weighted by atomic mass is 10.0. The largest absolute Gasteiger partial charge is 0.350 e. The van der Waals surface area contributed by atoms with Crippen molar-refractivity contribution in [2.24, 2.45) is 0 Å². The number of carbonyl (C=O) groups is 2. The van der Waals surface area contributed by atoms with Crippen LogP contribution in [0.2, 0.25) is 5.02 Å². The van der Waals surface area contributed by atoms with Gasteiger partial charge in [0.05, 0.1) is 5.75 Å². The van der Waals surface area contributed by atoms with Crippen molar-refractivity contribution in [1.29, 1.82) is 0 Å². The SMILES string of the molecule is CC(C)(C)NC(=O)[C@@H](Cc1ccccc1)N(Cc1cccc(Cl)c1)C(=O)CSCc1ccc(Br)cc1. The van der Waals surface area contributed by atoms with Gasteiger partial charge in [0.1, 0.15) is 6.04 Å². The van der Waals surface area contributed by atoms with Crippen LogP contribution in [0.5, 0.6) is 0 Å². The number of halogens is 2. The van der Waals surface area contributed by atoms with Gasteiger partial charge in [0, 0.05) is 33.8 Å². The van der Waals surface area contributed by atoms with Gasteiger partial charge in [-0.3, -0.25) is 9.59 Å². The third-order valence-corrected chi connectivity index (χ3v) is 7.17. The summed E-state index contributed by atoms with van der Waals surface area (Å²) in [5.41, 5.74) is 2.60. The van der Waals surface area contributed by atoms with Gasteiger partial charge < -0.3 is 10.2 Å². The standard InChI is InChI=1S/C29H32BrClN2O2S/c1-29(2,3)32-28(35)26(17-21-8-5-4-6-9-21)33(18-23-10-7-11-25(31)16-23)27(34)20-36-19-22-12-14-24(30)15-13-22/h4-16,26H,17-20H2,1-3H3,(H,32,35)/t26-/m1/s1. The van der Waals surface area contributed by atoms with Crippen molar-refractivity contribution >= 4 is 51.1 Å². The van der Waals surface area contributed by atoms with Gasteiger partial charge >= 0.3 is 0 Å². The highest BCUT2D eigenvalue weighted by molar-refractivity contribution is 9.10. The molecule has 0 bridgehead atoms. The second-order valence-electron chi connectivity index (χ2n) is 9.72. The van der Waals surface area contributed by atoms with E-state index < -0.39 is 11.6 Å². The average molecular weight is 588 g/mol. The number of rotatable bonds is 10. The quantitative estimate of drug-likeness (QED) is 0.281. The van der Waals surface area contributed by atoms with Crippen LogP contribution in [0.4, 0.5) is 0 Å². The van der Waals surface area contributed by atoms with Crippen molar-refractivity contribution in [2.75, 3.05) is 5.75 Å². The normalized spacial score (nSPS) is 12.1. The van der Waals surface area contributed by atoms with Gasteiger partial charge in [-0.2, -0.15) is 0 Å². The Morgan fingerprint density at radius 2 is 1.61 bits per heavy atom. The van der Waals surface area contributed by atoms with Crippen molar-refractivity contribution in [2.45, 2.75) is 51.1 Å². The van der Waals surface area contributed by atoms with Crippen molar-refractivity contribution in [1.82, 2.24) is 10.2 Å².